The summed E-state index contributed by atoms with van der Waals surface area (Å²) in [5, 5.41) is 9.23. The molecule has 8 nitrogen and oxygen atoms in total. The molecule has 2 fully saturated rings. The minimum absolute atomic E-state index is 0.0450. The molecule has 2 aromatic heterocycles. The fourth-order valence-electron chi connectivity index (χ4n) is 5.85. The first kappa shape index (κ1) is 26.2. The van der Waals surface area contributed by atoms with E-state index in [0.717, 1.165) is 50.1 Å². The minimum atomic E-state index is -0.664. The zero-order chi connectivity index (χ0) is 27.8. The number of ether oxygens (including phenoxy) is 1. The quantitative estimate of drug-likeness (QED) is 0.387. The second-order valence-electron chi connectivity index (χ2n) is 10.5. The van der Waals surface area contributed by atoms with Gasteiger partial charge in [-0.15, -0.1) is 0 Å². The molecule has 6 rings (SSSR count). The van der Waals surface area contributed by atoms with Crippen LogP contribution in [0.3, 0.4) is 0 Å². The van der Waals surface area contributed by atoms with Gasteiger partial charge in [0.1, 0.15) is 29.0 Å². The van der Waals surface area contributed by atoms with Crippen LogP contribution in [0.2, 0.25) is 0 Å². The van der Waals surface area contributed by atoms with Crippen molar-refractivity contribution in [3.8, 4) is 23.1 Å². The fourth-order valence-corrected chi connectivity index (χ4v) is 5.85. The predicted octanol–water partition coefficient (Wildman–Crippen LogP) is 4.78. The first-order chi connectivity index (χ1) is 19.5. The number of nitrogens with two attached hydrogens (primary N) is 1. The third kappa shape index (κ3) is 4.76. The van der Waals surface area contributed by atoms with Gasteiger partial charge in [0.15, 0.2) is 5.65 Å². The van der Waals surface area contributed by atoms with Crippen molar-refractivity contribution in [2.75, 3.05) is 43.1 Å². The monoisotopic (exact) mass is 543 g/mol. The molecule has 2 aromatic carbocycles. The molecule has 0 unspecified atom stereocenters. The molecule has 4 heterocycles. The molecule has 10 heteroatoms. The molecule has 0 saturated carbocycles. The van der Waals surface area contributed by atoms with E-state index in [0.29, 0.717) is 35.6 Å². The van der Waals surface area contributed by atoms with Gasteiger partial charge in [-0.05, 0) is 68.1 Å². The number of pyridine rings is 1. The third-order valence-electron chi connectivity index (χ3n) is 7.92. The summed E-state index contributed by atoms with van der Waals surface area (Å²) < 4.78 is 37.9. The number of nitriles is 1. The molecule has 0 aliphatic carbocycles. The number of benzene rings is 2. The van der Waals surface area contributed by atoms with Gasteiger partial charge in [0.2, 0.25) is 0 Å². The Bertz CT molecular complexity index is 1600. The predicted molar refractivity (Wildman–Crippen MR) is 151 cm³/mol. The van der Waals surface area contributed by atoms with Crippen LogP contribution >= 0.6 is 0 Å². The summed E-state index contributed by atoms with van der Waals surface area (Å²) in [7, 11) is 1.70. The van der Waals surface area contributed by atoms with E-state index in [1.54, 1.807) is 30.0 Å². The van der Waals surface area contributed by atoms with E-state index >= 15 is 4.39 Å². The van der Waals surface area contributed by atoms with Crippen molar-refractivity contribution in [3.63, 3.8) is 0 Å². The summed E-state index contributed by atoms with van der Waals surface area (Å²) in [5.74, 6) is -0.773. The van der Waals surface area contributed by atoms with Crippen LogP contribution < -0.4 is 15.5 Å². The Kier molecular flexibility index (Phi) is 7.09. The van der Waals surface area contributed by atoms with Gasteiger partial charge in [0, 0.05) is 56.8 Å². The maximum absolute atomic E-state index is 16.0. The molecule has 2 atom stereocenters. The maximum Gasteiger partial charge on any atom is 0.167 e. The number of anilines is 2. The Labute approximate surface area is 231 Å². The number of imidazole rings is 1. The SMILES string of the molecule is CO[C@H]1CCCN(c2ccc(-n3c(-c4ccc(C#N)c(F)c4)nc4c(N5CCC[C@@H](N)C5)ccnc43)c(F)c2)C1. The van der Waals surface area contributed by atoms with Crippen LogP contribution in [0.25, 0.3) is 28.2 Å². The van der Waals surface area contributed by atoms with Crippen LogP contribution in [-0.4, -0.2) is 60.0 Å². The van der Waals surface area contributed by atoms with Crippen molar-refractivity contribution in [1.82, 2.24) is 14.5 Å². The molecule has 2 N–H and O–H groups in total. The lowest BCUT2D eigenvalue weighted by molar-refractivity contribution is 0.0893. The largest absolute Gasteiger partial charge is 0.380 e. The summed E-state index contributed by atoms with van der Waals surface area (Å²) in [6.45, 7) is 3.02. The highest BCUT2D eigenvalue weighted by molar-refractivity contribution is 5.90. The Morgan fingerprint density at radius 3 is 2.55 bits per heavy atom. The zero-order valence-electron chi connectivity index (χ0n) is 22.4. The number of hydrogen-bond donors (Lipinski definition) is 1. The number of hydrogen-bond acceptors (Lipinski definition) is 7. The van der Waals surface area contributed by atoms with Gasteiger partial charge < -0.3 is 20.3 Å². The lowest BCUT2D eigenvalue weighted by Gasteiger charge is -2.33. The van der Waals surface area contributed by atoms with Gasteiger partial charge >= 0.3 is 0 Å². The average Bonchev–Trinajstić information content (AvgIpc) is 3.36. The van der Waals surface area contributed by atoms with Crippen molar-refractivity contribution < 1.29 is 13.5 Å². The molecule has 0 radical (unpaired) electrons. The van der Waals surface area contributed by atoms with E-state index in [-0.39, 0.29) is 23.4 Å². The third-order valence-corrected chi connectivity index (χ3v) is 7.92. The van der Waals surface area contributed by atoms with Crippen LogP contribution in [-0.2, 0) is 4.74 Å². The zero-order valence-corrected chi connectivity index (χ0v) is 22.4. The van der Waals surface area contributed by atoms with Crippen LogP contribution in [0.1, 0.15) is 31.2 Å². The summed E-state index contributed by atoms with van der Waals surface area (Å²) in [5.41, 5.74) is 9.53. The van der Waals surface area contributed by atoms with Crippen molar-refractivity contribution in [1.29, 1.82) is 5.26 Å². The Balaban J connectivity index is 1.50. The van der Waals surface area contributed by atoms with Crippen molar-refractivity contribution in [2.24, 2.45) is 5.73 Å². The topological polar surface area (TPSA) is 96.2 Å². The number of fused-ring (bicyclic) bond motifs is 1. The molecule has 2 aliphatic heterocycles. The average molecular weight is 544 g/mol. The highest BCUT2D eigenvalue weighted by Gasteiger charge is 2.26. The van der Waals surface area contributed by atoms with Crippen LogP contribution in [0, 0.1) is 23.0 Å². The molecule has 0 amide bonds. The summed E-state index contributed by atoms with van der Waals surface area (Å²) in [6.07, 6.45) is 5.65. The molecule has 206 valence electrons. The van der Waals surface area contributed by atoms with E-state index < -0.39 is 11.6 Å². The first-order valence-electron chi connectivity index (χ1n) is 13.6. The first-order valence-corrected chi connectivity index (χ1v) is 13.6. The fraction of sp³-hybridized carbons (Fsp3) is 0.367. The molecule has 2 aliphatic rings. The maximum atomic E-state index is 16.0. The van der Waals surface area contributed by atoms with E-state index in [2.05, 4.69) is 14.8 Å². The molecule has 0 spiro atoms. The lowest BCUT2D eigenvalue weighted by atomic mass is 10.1. The van der Waals surface area contributed by atoms with E-state index in [4.69, 9.17) is 15.5 Å². The second-order valence-corrected chi connectivity index (χ2v) is 10.5. The highest BCUT2D eigenvalue weighted by atomic mass is 19.1. The number of rotatable bonds is 5. The number of methoxy groups -OCH3 is 1. The van der Waals surface area contributed by atoms with Crippen LogP contribution in [0.4, 0.5) is 20.2 Å². The number of aromatic nitrogens is 3. The molecule has 2 saturated heterocycles. The van der Waals surface area contributed by atoms with Gasteiger partial charge in [-0.2, -0.15) is 5.26 Å². The number of nitrogens with zero attached hydrogens (tertiary/aromatic N) is 6. The van der Waals surface area contributed by atoms with Crippen molar-refractivity contribution in [2.45, 2.75) is 37.8 Å². The molecule has 0 bridgehead atoms. The Morgan fingerprint density at radius 2 is 1.80 bits per heavy atom. The van der Waals surface area contributed by atoms with Crippen molar-refractivity contribution >= 4 is 22.5 Å². The summed E-state index contributed by atoms with van der Waals surface area (Å²) >= 11 is 0. The van der Waals surface area contributed by atoms with Gasteiger partial charge in [0.05, 0.1) is 23.0 Å². The molecule has 4 aromatic rings. The van der Waals surface area contributed by atoms with Gasteiger partial charge in [-0.25, -0.2) is 18.7 Å². The van der Waals surface area contributed by atoms with E-state index in [1.807, 2.05) is 18.2 Å². The van der Waals surface area contributed by atoms with Crippen LogP contribution in [0.5, 0.6) is 0 Å². The van der Waals surface area contributed by atoms with Crippen LogP contribution in [0.15, 0.2) is 48.7 Å². The Hall–Kier alpha value is -4.07. The number of piperidine rings is 2. The molecule has 40 heavy (non-hydrogen) atoms. The summed E-state index contributed by atoms with van der Waals surface area (Å²) in [6, 6.07) is 13.2. The summed E-state index contributed by atoms with van der Waals surface area (Å²) in [4.78, 5) is 13.8. The lowest BCUT2D eigenvalue weighted by Crippen LogP contribution is -2.42. The molecular formula is C30H31F2N7O. The number of halogens is 2. The van der Waals surface area contributed by atoms with E-state index in [1.165, 1.54) is 18.2 Å². The van der Waals surface area contributed by atoms with Gasteiger partial charge in [-0.1, -0.05) is 0 Å². The second kappa shape index (κ2) is 10.8. The minimum Gasteiger partial charge on any atom is -0.380 e. The molecular weight excluding hydrogens is 512 g/mol. The standard InChI is InChI=1S/C30H31F2N7O/c1-40-23-5-3-12-37(18-23)22-8-9-26(25(32)15-22)39-29(19-6-7-20(16-33)24(31)14-19)36-28-27(10-11-35-30(28)39)38-13-2-4-21(34)17-38/h6-11,14-15,21,23H,2-5,12-13,17-18,34H2,1H3/t21-,23+/m1/s1. The Morgan fingerprint density at radius 1 is 0.975 bits per heavy atom. The highest BCUT2D eigenvalue weighted by Crippen LogP contribution is 2.35. The smallest absolute Gasteiger partial charge is 0.167 e. The van der Waals surface area contributed by atoms with Gasteiger partial charge in [-0.3, -0.25) is 4.57 Å². The normalized spacial score (nSPS) is 19.7. The van der Waals surface area contributed by atoms with E-state index in [9.17, 15) is 9.65 Å². The van der Waals surface area contributed by atoms with Crippen molar-refractivity contribution in [3.05, 3.63) is 65.9 Å². The van der Waals surface area contributed by atoms with Gasteiger partial charge in [0.25, 0.3) is 0 Å².